The molecule has 1 N–H and O–H groups in total. The van der Waals surface area contributed by atoms with Gasteiger partial charge >= 0.3 is 0 Å². The Labute approximate surface area is 172 Å². The SMILES string of the molecule is Cc1cncc(N2CCC3(CCCC(=O)N3CC3CNc4ccccc43)CC2)n1. The quantitative estimate of drug-likeness (QED) is 0.869. The van der Waals surface area contributed by atoms with Crippen LogP contribution in [0.4, 0.5) is 11.5 Å². The standard InChI is InChI=1S/C23H29N5O/c1-17-13-24-15-21(26-17)27-11-9-23(10-12-27)8-4-7-22(29)28(23)16-18-14-25-20-6-3-2-5-19(18)20/h2-3,5-6,13,15,18,25H,4,7-12,14,16H2,1H3. The molecule has 4 heterocycles. The van der Waals surface area contributed by atoms with Crippen molar-refractivity contribution in [3.05, 3.63) is 47.9 Å². The minimum atomic E-state index is 0.000616. The predicted octanol–water partition coefficient (Wildman–Crippen LogP) is 3.35. The number of likely N-dealkylation sites (tertiary alicyclic amines) is 1. The first-order chi connectivity index (χ1) is 14.1. The summed E-state index contributed by atoms with van der Waals surface area (Å²) in [6.45, 7) is 5.59. The van der Waals surface area contributed by atoms with Gasteiger partial charge in [0.1, 0.15) is 5.82 Å². The molecule has 5 rings (SSSR count). The number of hydrogen-bond donors (Lipinski definition) is 1. The fourth-order valence-electron chi connectivity index (χ4n) is 5.41. The van der Waals surface area contributed by atoms with Crippen LogP contribution in [0.15, 0.2) is 36.7 Å². The van der Waals surface area contributed by atoms with Crippen molar-refractivity contribution in [2.24, 2.45) is 0 Å². The van der Waals surface area contributed by atoms with Crippen LogP contribution in [-0.4, -0.2) is 52.5 Å². The summed E-state index contributed by atoms with van der Waals surface area (Å²) in [4.78, 5) is 26.6. The zero-order valence-corrected chi connectivity index (χ0v) is 17.1. The summed E-state index contributed by atoms with van der Waals surface area (Å²) in [6, 6.07) is 8.53. The first kappa shape index (κ1) is 18.4. The summed E-state index contributed by atoms with van der Waals surface area (Å²) in [6.07, 6.45) is 8.50. The highest BCUT2D eigenvalue weighted by Gasteiger charge is 2.45. The molecule has 0 aliphatic carbocycles. The van der Waals surface area contributed by atoms with Crippen molar-refractivity contribution in [3.8, 4) is 0 Å². The monoisotopic (exact) mass is 391 g/mol. The van der Waals surface area contributed by atoms with Gasteiger partial charge < -0.3 is 15.1 Å². The third-order valence-corrected chi connectivity index (χ3v) is 7.01. The van der Waals surface area contributed by atoms with Crippen molar-refractivity contribution in [2.45, 2.75) is 50.5 Å². The van der Waals surface area contributed by atoms with Gasteiger partial charge in [0.15, 0.2) is 0 Å². The topological polar surface area (TPSA) is 61.4 Å². The maximum Gasteiger partial charge on any atom is 0.223 e. The van der Waals surface area contributed by atoms with Gasteiger partial charge in [0.2, 0.25) is 5.91 Å². The first-order valence-electron chi connectivity index (χ1n) is 10.8. The van der Waals surface area contributed by atoms with Crippen LogP contribution in [0.1, 0.15) is 49.3 Å². The van der Waals surface area contributed by atoms with Crippen LogP contribution in [-0.2, 0) is 4.79 Å². The molecule has 29 heavy (non-hydrogen) atoms. The summed E-state index contributed by atoms with van der Waals surface area (Å²) in [5, 5.41) is 3.52. The number of nitrogens with zero attached hydrogens (tertiary/aromatic N) is 4. The predicted molar refractivity (Wildman–Crippen MR) is 114 cm³/mol. The van der Waals surface area contributed by atoms with Gasteiger partial charge in [-0.25, -0.2) is 4.98 Å². The smallest absolute Gasteiger partial charge is 0.223 e. The van der Waals surface area contributed by atoms with E-state index in [4.69, 9.17) is 0 Å². The normalized spacial score (nSPS) is 23.2. The van der Waals surface area contributed by atoms with Gasteiger partial charge in [0.25, 0.3) is 0 Å². The molecule has 1 aromatic carbocycles. The second kappa shape index (κ2) is 7.32. The van der Waals surface area contributed by atoms with Gasteiger partial charge in [-0.3, -0.25) is 9.78 Å². The van der Waals surface area contributed by atoms with Crippen LogP contribution in [0.2, 0.25) is 0 Å². The number of rotatable bonds is 3. The summed E-state index contributed by atoms with van der Waals surface area (Å²) >= 11 is 0. The number of benzene rings is 1. The zero-order valence-electron chi connectivity index (χ0n) is 17.1. The van der Waals surface area contributed by atoms with Crippen molar-refractivity contribution in [3.63, 3.8) is 0 Å². The summed E-state index contributed by atoms with van der Waals surface area (Å²) in [5.74, 6) is 1.68. The molecular formula is C23H29N5O. The number of nitrogens with one attached hydrogen (secondary N) is 1. The van der Waals surface area contributed by atoms with Crippen molar-refractivity contribution in [1.82, 2.24) is 14.9 Å². The Morgan fingerprint density at radius 3 is 2.83 bits per heavy atom. The molecule has 1 atom stereocenters. The van der Waals surface area contributed by atoms with Gasteiger partial charge in [-0.15, -0.1) is 0 Å². The molecule has 0 radical (unpaired) electrons. The van der Waals surface area contributed by atoms with Crippen molar-refractivity contribution in [2.75, 3.05) is 36.4 Å². The molecule has 0 bridgehead atoms. The molecule has 2 aromatic rings. The number of aromatic nitrogens is 2. The highest BCUT2D eigenvalue weighted by molar-refractivity contribution is 5.78. The first-order valence-corrected chi connectivity index (χ1v) is 10.8. The average molecular weight is 392 g/mol. The third-order valence-electron chi connectivity index (χ3n) is 7.01. The molecule has 1 aromatic heterocycles. The van der Waals surface area contributed by atoms with E-state index in [1.807, 2.05) is 13.1 Å². The number of carbonyl (C=O) groups excluding carboxylic acids is 1. The number of aryl methyl sites for hydroxylation is 1. The van der Waals surface area contributed by atoms with Crippen molar-refractivity contribution >= 4 is 17.4 Å². The van der Waals surface area contributed by atoms with E-state index in [1.54, 1.807) is 6.20 Å². The Balaban J connectivity index is 1.34. The fourth-order valence-corrected chi connectivity index (χ4v) is 5.41. The minimum absolute atomic E-state index is 0.000616. The Hall–Kier alpha value is -2.63. The largest absolute Gasteiger partial charge is 0.384 e. The van der Waals surface area contributed by atoms with Crippen molar-refractivity contribution in [1.29, 1.82) is 0 Å². The molecular weight excluding hydrogens is 362 g/mol. The van der Waals surface area contributed by atoms with Crippen LogP contribution in [0, 0.1) is 6.92 Å². The zero-order chi connectivity index (χ0) is 19.8. The Morgan fingerprint density at radius 2 is 2.00 bits per heavy atom. The Kier molecular flexibility index (Phi) is 4.64. The third kappa shape index (κ3) is 3.34. The molecule has 6 nitrogen and oxygen atoms in total. The minimum Gasteiger partial charge on any atom is -0.384 e. The van der Waals surface area contributed by atoms with Gasteiger partial charge in [-0.2, -0.15) is 0 Å². The highest BCUT2D eigenvalue weighted by Crippen LogP contribution is 2.41. The van der Waals surface area contributed by atoms with Crippen LogP contribution < -0.4 is 10.2 Å². The maximum absolute atomic E-state index is 13.0. The van der Waals surface area contributed by atoms with Crippen LogP contribution in [0.3, 0.4) is 0 Å². The second-order valence-electron chi connectivity index (χ2n) is 8.75. The summed E-state index contributed by atoms with van der Waals surface area (Å²) in [7, 11) is 0. The van der Waals surface area contributed by atoms with E-state index in [1.165, 1.54) is 11.3 Å². The van der Waals surface area contributed by atoms with Crippen LogP contribution in [0.5, 0.6) is 0 Å². The fraction of sp³-hybridized carbons (Fsp3) is 0.522. The average Bonchev–Trinajstić information content (AvgIpc) is 3.15. The number of hydrogen-bond acceptors (Lipinski definition) is 5. The van der Waals surface area contributed by atoms with Gasteiger partial charge in [-0.1, -0.05) is 18.2 Å². The molecule has 2 saturated heterocycles. The molecule has 152 valence electrons. The van der Waals surface area contributed by atoms with E-state index in [-0.39, 0.29) is 5.54 Å². The molecule has 3 aliphatic heterocycles. The number of carbonyl (C=O) groups is 1. The van der Waals surface area contributed by atoms with Gasteiger partial charge in [-0.05, 0) is 44.2 Å². The number of fused-ring (bicyclic) bond motifs is 1. The van der Waals surface area contributed by atoms with E-state index in [2.05, 4.69) is 49.4 Å². The van der Waals surface area contributed by atoms with E-state index < -0.39 is 0 Å². The lowest BCUT2D eigenvalue weighted by Gasteiger charge is -2.52. The molecule has 6 heteroatoms. The van der Waals surface area contributed by atoms with Gasteiger partial charge in [0.05, 0.1) is 11.9 Å². The molecule has 1 unspecified atom stereocenters. The van der Waals surface area contributed by atoms with Crippen molar-refractivity contribution < 1.29 is 4.79 Å². The highest BCUT2D eigenvalue weighted by atomic mass is 16.2. The van der Waals surface area contributed by atoms with Crippen LogP contribution in [0.25, 0.3) is 0 Å². The van der Waals surface area contributed by atoms with Gasteiger partial charge in [0, 0.05) is 55.9 Å². The number of piperidine rings is 2. The Morgan fingerprint density at radius 1 is 1.17 bits per heavy atom. The molecule has 2 fully saturated rings. The summed E-state index contributed by atoms with van der Waals surface area (Å²) in [5.41, 5.74) is 3.53. The molecule has 0 saturated carbocycles. The Bertz CT molecular complexity index is 906. The molecule has 3 aliphatic rings. The summed E-state index contributed by atoms with van der Waals surface area (Å²) < 4.78 is 0. The van der Waals surface area contributed by atoms with E-state index in [0.717, 1.165) is 63.4 Å². The second-order valence-corrected chi connectivity index (χ2v) is 8.75. The number of amides is 1. The molecule has 1 amide bonds. The van der Waals surface area contributed by atoms with E-state index in [0.29, 0.717) is 18.2 Å². The van der Waals surface area contributed by atoms with E-state index >= 15 is 0 Å². The van der Waals surface area contributed by atoms with Crippen LogP contribution >= 0.6 is 0 Å². The lowest BCUT2D eigenvalue weighted by molar-refractivity contribution is -0.143. The molecule has 1 spiro atoms. The number of para-hydroxylation sites is 1. The lowest BCUT2D eigenvalue weighted by Crippen LogP contribution is -2.60. The number of anilines is 2. The lowest BCUT2D eigenvalue weighted by atomic mass is 9.77. The maximum atomic E-state index is 13.0. The van der Waals surface area contributed by atoms with E-state index in [9.17, 15) is 4.79 Å².